The Hall–Kier alpha value is -3.27. The van der Waals surface area contributed by atoms with Crippen LogP contribution in [0.4, 0.5) is 5.69 Å². The van der Waals surface area contributed by atoms with Gasteiger partial charge in [-0.3, -0.25) is 29.3 Å². The highest BCUT2D eigenvalue weighted by Crippen LogP contribution is 2.22. The van der Waals surface area contributed by atoms with E-state index < -0.39 is 4.92 Å². The molecule has 1 aromatic carbocycles. The molecule has 10 heteroatoms. The molecule has 2 aromatic rings. The van der Waals surface area contributed by atoms with E-state index in [2.05, 4.69) is 15.3 Å². The number of hydrogen-bond donors (Lipinski definition) is 1. The maximum absolute atomic E-state index is 12.9. The van der Waals surface area contributed by atoms with Crippen LogP contribution in [-0.2, 0) is 11.3 Å². The number of carbonyl (C=O) groups is 2. The Morgan fingerprint density at radius 1 is 1.15 bits per heavy atom. The first-order valence-corrected chi connectivity index (χ1v) is 11.3. The minimum absolute atomic E-state index is 0.0210. The summed E-state index contributed by atoms with van der Waals surface area (Å²) in [6.07, 6.45) is 0.897. The van der Waals surface area contributed by atoms with Crippen LogP contribution in [0.1, 0.15) is 47.6 Å². The van der Waals surface area contributed by atoms with Crippen molar-refractivity contribution in [1.82, 2.24) is 24.9 Å². The second-order valence-corrected chi connectivity index (χ2v) is 8.58. The van der Waals surface area contributed by atoms with Crippen LogP contribution in [0, 0.1) is 24.0 Å². The molecule has 0 aliphatic carbocycles. The maximum atomic E-state index is 12.9. The topological polar surface area (TPSA) is 114 Å². The Morgan fingerprint density at radius 2 is 1.79 bits per heavy atom. The zero-order valence-electron chi connectivity index (χ0n) is 19.7. The van der Waals surface area contributed by atoms with Gasteiger partial charge in [0, 0.05) is 37.8 Å². The number of nitrogens with one attached hydrogen (secondary N) is 1. The van der Waals surface area contributed by atoms with Gasteiger partial charge < -0.3 is 10.2 Å². The molecule has 1 aromatic heterocycles. The third kappa shape index (κ3) is 5.95. The Labute approximate surface area is 193 Å². The number of piperazine rings is 1. The van der Waals surface area contributed by atoms with E-state index in [1.54, 1.807) is 30.7 Å². The number of aryl methyl sites for hydroxylation is 1. The van der Waals surface area contributed by atoms with Crippen molar-refractivity contribution in [2.45, 2.75) is 46.7 Å². The summed E-state index contributed by atoms with van der Waals surface area (Å²) in [5, 5.41) is 18.4. The van der Waals surface area contributed by atoms with Crippen LogP contribution in [0.25, 0.3) is 0 Å². The number of hydrogen-bond acceptors (Lipinski definition) is 6. The van der Waals surface area contributed by atoms with E-state index in [1.807, 2.05) is 30.9 Å². The van der Waals surface area contributed by atoms with Crippen LogP contribution in [-0.4, -0.2) is 75.1 Å². The predicted octanol–water partition coefficient (Wildman–Crippen LogP) is 2.13. The van der Waals surface area contributed by atoms with Crippen LogP contribution in [0.2, 0.25) is 0 Å². The molecule has 1 atom stereocenters. The quantitative estimate of drug-likeness (QED) is 0.481. The third-order valence-corrected chi connectivity index (χ3v) is 6.11. The van der Waals surface area contributed by atoms with Crippen LogP contribution in [0.5, 0.6) is 0 Å². The number of amides is 2. The summed E-state index contributed by atoms with van der Waals surface area (Å²) in [5.74, 6) is -0.0142. The number of rotatable bonds is 8. The first kappa shape index (κ1) is 24.4. The van der Waals surface area contributed by atoms with Crippen LogP contribution < -0.4 is 5.32 Å². The summed E-state index contributed by atoms with van der Waals surface area (Å²) in [5.41, 5.74) is 2.44. The van der Waals surface area contributed by atoms with Gasteiger partial charge in [0.2, 0.25) is 5.91 Å². The molecule has 1 aliphatic heterocycles. The van der Waals surface area contributed by atoms with Crippen LogP contribution in [0.15, 0.2) is 24.3 Å². The number of carbonyl (C=O) groups excluding carboxylic acids is 2. The molecule has 0 saturated carbocycles. The molecule has 1 unspecified atom stereocenters. The van der Waals surface area contributed by atoms with E-state index in [0.29, 0.717) is 56.2 Å². The van der Waals surface area contributed by atoms with Crippen molar-refractivity contribution in [3.63, 3.8) is 0 Å². The summed E-state index contributed by atoms with van der Waals surface area (Å²) in [6.45, 7) is 10.6. The highest BCUT2D eigenvalue weighted by Gasteiger charge is 2.24. The van der Waals surface area contributed by atoms with Gasteiger partial charge in [-0.2, -0.15) is 5.10 Å². The van der Waals surface area contributed by atoms with Crippen molar-refractivity contribution < 1.29 is 14.5 Å². The smallest absolute Gasteiger partial charge is 0.312 e. The number of nitrogens with zero attached hydrogens (tertiary/aromatic N) is 5. The predicted molar refractivity (Wildman–Crippen MR) is 124 cm³/mol. The lowest BCUT2D eigenvalue weighted by atomic mass is 10.1. The Morgan fingerprint density at radius 3 is 2.33 bits per heavy atom. The summed E-state index contributed by atoms with van der Waals surface area (Å²) < 4.78 is 1.61. The molecule has 2 amide bonds. The molecule has 1 fully saturated rings. The fraction of sp³-hybridized carbons (Fsp3) is 0.522. The first-order valence-electron chi connectivity index (χ1n) is 11.3. The highest BCUT2D eigenvalue weighted by atomic mass is 16.6. The van der Waals surface area contributed by atoms with Gasteiger partial charge >= 0.3 is 5.69 Å². The van der Waals surface area contributed by atoms with Crippen LogP contribution in [0.3, 0.4) is 0 Å². The lowest BCUT2D eigenvalue weighted by molar-refractivity contribution is -0.386. The fourth-order valence-electron chi connectivity index (χ4n) is 3.95. The molecule has 0 bridgehead atoms. The number of nitro groups is 1. The molecule has 3 rings (SSSR count). The van der Waals surface area contributed by atoms with Crippen molar-refractivity contribution in [2.75, 3.05) is 32.7 Å². The van der Waals surface area contributed by atoms with E-state index in [1.165, 1.54) is 0 Å². The highest BCUT2D eigenvalue weighted by molar-refractivity contribution is 5.94. The molecule has 33 heavy (non-hydrogen) atoms. The summed E-state index contributed by atoms with van der Waals surface area (Å²) in [4.78, 5) is 39.6. The Balaban J connectivity index is 1.54. The lowest BCUT2D eigenvalue weighted by Crippen LogP contribution is -2.51. The maximum Gasteiger partial charge on any atom is 0.312 e. The van der Waals surface area contributed by atoms with E-state index in [9.17, 15) is 19.7 Å². The summed E-state index contributed by atoms with van der Waals surface area (Å²) in [7, 11) is 0. The van der Waals surface area contributed by atoms with E-state index in [0.717, 1.165) is 12.0 Å². The summed E-state index contributed by atoms with van der Waals surface area (Å²) >= 11 is 0. The first-order chi connectivity index (χ1) is 15.7. The Kier molecular flexibility index (Phi) is 7.80. The number of benzene rings is 1. The van der Waals surface area contributed by atoms with E-state index >= 15 is 0 Å². The van der Waals surface area contributed by atoms with Gasteiger partial charge in [-0.15, -0.1) is 0 Å². The largest absolute Gasteiger partial charge is 0.353 e. The van der Waals surface area contributed by atoms with Crippen molar-refractivity contribution in [3.05, 3.63) is 56.9 Å². The van der Waals surface area contributed by atoms with Gasteiger partial charge in [0.15, 0.2) is 0 Å². The van der Waals surface area contributed by atoms with Crippen molar-refractivity contribution in [1.29, 1.82) is 0 Å². The second-order valence-electron chi connectivity index (χ2n) is 8.58. The van der Waals surface area contributed by atoms with Gasteiger partial charge in [0.05, 0.1) is 18.0 Å². The van der Waals surface area contributed by atoms with Crippen LogP contribution >= 0.6 is 0 Å². The molecule has 0 radical (unpaired) electrons. The zero-order chi connectivity index (χ0) is 24.1. The van der Waals surface area contributed by atoms with E-state index in [4.69, 9.17) is 0 Å². The minimum Gasteiger partial charge on any atom is -0.353 e. The zero-order valence-corrected chi connectivity index (χ0v) is 19.7. The van der Waals surface area contributed by atoms with Gasteiger partial charge in [-0.25, -0.2) is 0 Å². The molecule has 0 spiro atoms. The fourth-order valence-corrected chi connectivity index (χ4v) is 3.95. The van der Waals surface area contributed by atoms with Gasteiger partial charge in [0.25, 0.3) is 5.91 Å². The molecule has 1 saturated heterocycles. The normalized spacial score (nSPS) is 15.3. The average Bonchev–Trinajstić information content (AvgIpc) is 3.06. The molecule has 1 aliphatic rings. The molecule has 2 heterocycles. The molecule has 178 valence electrons. The van der Waals surface area contributed by atoms with Gasteiger partial charge in [0.1, 0.15) is 11.4 Å². The van der Waals surface area contributed by atoms with Crippen molar-refractivity contribution >= 4 is 17.5 Å². The second kappa shape index (κ2) is 10.6. The lowest BCUT2D eigenvalue weighted by Gasteiger charge is -2.34. The van der Waals surface area contributed by atoms with E-state index in [-0.39, 0.29) is 23.5 Å². The Bertz CT molecular complexity index is 1010. The third-order valence-electron chi connectivity index (χ3n) is 6.11. The molecular formula is C23H32N6O4. The molecular weight excluding hydrogens is 424 g/mol. The monoisotopic (exact) mass is 456 g/mol. The van der Waals surface area contributed by atoms with Crippen molar-refractivity contribution in [3.8, 4) is 0 Å². The molecule has 1 N–H and O–H groups in total. The SMILES string of the molecule is CCC(C)NC(=O)CN1CCN(C(=O)c2ccc(Cn3nc(C)c([N+](=O)[O-])c3C)cc2)CC1. The minimum atomic E-state index is -0.409. The molecule has 10 nitrogen and oxygen atoms in total. The summed E-state index contributed by atoms with van der Waals surface area (Å²) in [6, 6.07) is 7.43. The van der Waals surface area contributed by atoms with Gasteiger partial charge in [-0.05, 0) is 44.9 Å². The van der Waals surface area contributed by atoms with Crippen molar-refractivity contribution in [2.24, 2.45) is 0 Å². The average molecular weight is 457 g/mol. The number of aromatic nitrogens is 2. The van der Waals surface area contributed by atoms with Gasteiger partial charge in [-0.1, -0.05) is 19.1 Å². The standard InChI is InChI=1S/C23H32N6O4/c1-5-16(2)24-21(30)15-26-10-12-27(13-11-26)23(31)20-8-6-19(7-9-20)14-28-18(4)22(29(32)33)17(3)25-28/h6-9,16H,5,10-15H2,1-4H3,(H,24,30).